The van der Waals surface area contributed by atoms with Gasteiger partial charge in [-0.3, -0.25) is 0 Å². The van der Waals surface area contributed by atoms with Crippen LogP contribution in [0.2, 0.25) is 0 Å². The van der Waals surface area contributed by atoms with Crippen LogP contribution in [0, 0.1) is 0 Å². The maximum atomic E-state index is 10.3. The topological polar surface area (TPSA) is 44.8 Å². The zero-order valence-corrected chi connectivity index (χ0v) is 5.34. The third kappa shape index (κ3) is 1.13. The predicted molar refractivity (Wildman–Crippen MR) is 27.8 cm³/mol. The highest BCUT2D eigenvalue weighted by atomic mass is 16.8. The SMILES string of the molecule is COC1(C)COC(=O)O1. The Kier molecular flexibility index (Phi) is 1.32. The van der Waals surface area contributed by atoms with Crippen LogP contribution in [0.4, 0.5) is 4.79 Å². The highest BCUT2D eigenvalue weighted by Gasteiger charge is 2.37. The molecule has 0 aromatic heterocycles. The van der Waals surface area contributed by atoms with Crippen molar-refractivity contribution in [3.63, 3.8) is 0 Å². The second-order valence-corrected chi connectivity index (χ2v) is 1.98. The van der Waals surface area contributed by atoms with Crippen molar-refractivity contribution in [2.45, 2.75) is 12.7 Å². The Bertz CT molecular complexity index is 133. The van der Waals surface area contributed by atoms with Gasteiger partial charge < -0.3 is 14.2 Å². The lowest BCUT2D eigenvalue weighted by molar-refractivity contribution is -0.144. The van der Waals surface area contributed by atoms with E-state index in [1.165, 1.54) is 7.11 Å². The summed E-state index contributed by atoms with van der Waals surface area (Å²) in [6.07, 6.45) is -0.667. The summed E-state index contributed by atoms with van der Waals surface area (Å²) in [5.41, 5.74) is 0. The minimum Gasteiger partial charge on any atom is -0.427 e. The molecule has 1 fully saturated rings. The summed E-state index contributed by atoms with van der Waals surface area (Å²) >= 11 is 0. The number of hydrogen-bond acceptors (Lipinski definition) is 4. The number of cyclic esters (lactones) is 2. The molecule has 1 unspecified atom stereocenters. The number of carbonyl (C=O) groups is 1. The third-order valence-corrected chi connectivity index (χ3v) is 1.18. The first-order valence-corrected chi connectivity index (χ1v) is 2.57. The van der Waals surface area contributed by atoms with Crippen LogP contribution in [-0.4, -0.2) is 25.7 Å². The molecule has 1 aliphatic rings. The van der Waals surface area contributed by atoms with Gasteiger partial charge in [-0.25, -0.2) is 4.79 Å². The summed E-state index contributed by atoms with van der Waals surface area (Å²) in [6.45, 7) is 1.81. The van der Waals surface area contributed by atoms with E-state index < -0.39 is 11.9 Å². The summed E-state index contributed by atoms with van der Waals surface area (Å²) in [4.78, 5) is 10.3. The van der Waals surface area contributed by atoms with Gasteiger partial charge in [-0.2, -0.15) is 0 Å². The smallest absolute Gasteiger partial charge is 0.427 e. The van der Waals surface area contributed by atoms with Gasteiger partial charge in [0.25, 0.3) is 0 Å². The first-order chi connectivity index (χ1) is 4.16. The van der Waals surface area contributed by atoms with Crippen molar-refractivity contribution >= 4 is 6.16 Å². The lowest BCUT2D eigenvalue weighted by atomic mass is 10.4. The standard InChI is InChI=1S/C5H8O4/c1-5(7-2)3-8-4(6)9-5/h3H2,1-2H3. The van der Waals surface area contributed by atoms with Gasteiger partial charge in [-0.15, -0.1) is 0 Å². The summed E-state index contributed by atoms with van der Waals surface area (Å²) < 4.78 is 13.9. The van der Waals surface area contributed by atoms with E-state index in [0.29, 0.717) is 0 Å². The van der Waals surface area contributed by atoms with Crippen LogP contribution in [0.5, 0.6) is 0 Å². The van der Waals surface area contributed by atoms with E-state index in [0.717, 1.165) is 0 Å². The molecule has 0 aromatic carbocycles. The van der Waals surface area contributed by atoms with Crippen LogP contribution < -0.4 is 0 Å². The molecule has 0 amide bonds. The first-order valence-electron chi connectivity index (χ1n) is 2.57. The lowest BCUT2D eigenvalue weighted by Gasteiger charge is -2.15. The second-order valence-electron chi connectivity index (χ2n) is 1.98. The normalized spacial score (nSPS) is 33.8. The molecule has 4 nitrogen and oxygen atoms in total. The molecule has 0 N–H and O–H groups in total. The van der Waals surface area contributed by atoms with E-state index >= 15 is 0 Å². The molecule has 0 bridgehead atoms. The molecule has 0 aliphatic carbocycles. The van der Waals surface area contributed by atoms with Gasteiger partial charge in [0, 0.05) is 14.0 Å². The van der Waals surface area contributed by atoms with Gasteiger partial charge in [-0.1, -0.05) is 0 Å². The Balaban J connectivity index is 2.54. The van der Waals surface area contributed by atoms with Crippen molar-refractivity contribution < 1.29 is 19.0 Å². The van der Waals surface area contributed by atoms with Crippen molar-refractivity contribution in [3.05, 3.63) is 0 Å². The summed E-state index contributed by atoms with van der Waals surface area (Å²) in [6, 6.07) is 0. The summed E-state index contributed by atoms with van der Waals surface area (Å²) in [5.74, 6) is -0.864. The zero-order valence-electron chi connectivity index (χ0n) is 5.34. The van der Waals surface area contributed by atoms with Gasteiger partial charge in [0.15, 0.2) is 6.61 Å². The van der Waals surface area contributed by atoms with Crippen LogP contribution in [-0.2, 0) is 14.2 Å². The van der Waals surface area contributed by atoms with E-state index in [9.17, 15) is 4.79 Å². The van der Waals surface area contributed by atoms with Crippen LogP contribution in [0.15, 0.2) is 0 Å². The minimum absolute atomic E-state index is 0.169. The molecule has 1 atom stereocenters. The molecular weight excluding hydrogens is 124 g/mol. The van der Waals surface area contributed by atoms with Crippen molar-refractivity contribution in [1.82, 2.24) is 0 Å². The fraction of sp³-hybridized carbons (Fsp3) is 0.800. The number of ether oxygens (including phenoxy) is 3. The maximum absolute atomic E-state index is 10.3. The van der Waals surface area contributed by atoms with Crippen LogP contribution in [0.25, 0.3) is 0 Å². The van der Waals surface area contributed by atoms with Crippen molar-refractivity contribution in [1.29, 1.82) is 0 Å². The van der Waals surface area contributed by atoms with Gasteiger partial charge in [0.05, 0.1) is 0 Å². The summed E-state index contributed by atoms with van der Waals surface area (Å²) in [7, 11) is 1.46. The first kappa shape index (κ1) is 6.35. The van der Waals surface area contributed by atoms with Crippen molar-refractivity contribution in [3.8, 4) is 0 Å². The molecule has 9 heavy (non-hydrogen) atoms. The molecule has 52 valence electrons. The largest absolute Gasteiger partial charge is 0.511 e. The molecular formula is C5H8O4. The molecule has 0 radical (unpaired) electrons. The highest BCUT2D eigenvalue weighted by Crippen LogP contribution is 2.18. The Labute approximate surface area is 52.7 Å². The maximum Gasteiger partial charge on any atom is 0.511 e. The molecule has 1 saturated heterocycles. The molecule has 0 spiro atoms. The van der Waals surface area contributed by atoms with Crippen molar-refractivity contribution in [2.24, 2.45) is 0 Å². The number of hydrogen-bond donors (Lipinski definition) is 0. The van der Waals surface area contributed by atoms with Crippen molar-refractivity contribution in [2.75, 3.05) is 13.7 Å². The molecule has 1 heterocycles. The quantitative estimate of drug-likeness (QED) is 0.488. The summed E-state index contributed by atoms with van der Waals surface area (Å²) in [5, 5.41) is 0. The van der Waals surface area contributed by atoms with Gasteiger partial charge in [0.1, 0.15) is 0 Å². The van der Waals surface area contributed by atoms with Crippen LogP contribution in [0.1, 0.15) is 6.92 Å². The molecule has 1 aliphatic heterocycles. The van der Waals surface area contributed by atoms with E-state index in [1.54, 1.807) is 6.92 Å². The predicted octanol–water partition coefficient (Wildman–Crippen LogP) is 0.516. The Hall–Kier alpha value is -0.770. The van der Waals surface area contributed by atoms with Gasteiger partial charge >= 0.3 is 6.16 Å². The van der Waals surface area contributed by atoms with E-state index in [-0.39, 0.29) is 6.61 Å². The van der Waals surface area contributed by atoms with E-state index in [2.05, 4.69) is 9.47 Å². The minimum atomic E-state index is -0.864. The zero-order chi connectivity index (χ0) is 6.91. The van der Waals surface area contributed by atoms with Gasteiger partial charge in [0.2, 0.25) is 5.79 Å². The molecule has 0 aromatic rings. The third-order valence-electron chi connectivity index (χ3n) is 1.18. The highest BCUT2D eigenvalue weighted by molar-refractivity contribution is 5.62. The lowest BCUT2D eigenvalue weighted by Crippen LogP contribution is -2.29. The number of methoxy groups -OCH3 is 1. The average Bonchev–Trinajstić information content (AvgIpc) is 2.13. The molecule has 0 saturated carbocycles. The number of rotatable bonds is 1. The Morgan fingerprint density at radius 2 is 2.44 bits per heavy atom. The fourth-order valence-electron chi connectivity index (χ4n) is 0.526. The molecule has 1 rings (SSSR count). The van der Waals surface area contributed by atoms with Gasteiger partial charge in [-0.05, 0) is 0 Å². The number of carbonyl (C=O) groups excluding carboxylic acids is 1. The van der Waals surface area contributed by atoms with Crippen LogP contribution >= 0.6 is 0 Å². The second kappa shape index (κ2) is 1.88. The van der Waals surface area contributed by atoms with E-state index in [4.69, 9.17) is 4.74 Å². The Morgan fingerprint density at radius 3 is 2.67 bits per heavy atom. The average molecular weight is 132 g/mol. The fourth-order valence-corrected chi connectivity index (χ4v) is 0.526. The molecule has 4 heteroatoms. The monoisotopic (exact) mass is 132 g/mol. The Morgan fingerprint density at radius 1 is 1.78 bits per heavy atom. The van der Waals surface area contributed by atoms with E-state index in [1.807, 2.05) is 0 Å². The van der Waals surface area contributed by atoms with Crippen LogP contribution in [0.3, 0.4) is 0 Å².